The van der Waals surface area contributed by atoms with Crippen molar-refractivity contribution in [1.82, 2.24) is 10.2 Å². The predicted octanol–water partition coefficient (Wildman–Crippen LogP) is 2.63. The van der Waals surface area contributed by atoms with Crippen molar-refractivity contribution in [3.63, 3.8) is 0 Å². The Balaban J connectivity index is 1.91. The van der Waals surface area contributed by atoms with Gasteiger partial charge in [-0.2, -0.15) is 0 Å². The van der Waals surface area contributed by atoms with Gasteiger partial charge in [0, 0.05) is 22.6 Å². The van der Waals surface area contributed by atoms with Gasteiger partial charge in [0.25, 0.3) is 0 Å². The molecule has 21 heavy (non-hydrogen) atoms. The highest BCUT2D eigenvalue weighted by Gasteiger charge is 2.30. The third-order valence-electron chi connectivity index (χ3n) is 3.60. The lowest BCUT2D eigenvalue weighted by Gasteiger charge is -2.22. The Kier molecular flexibility index (Phi) is 5.88. The van der Waals surface area contributed by atoms with Crippen LogP contribution in [0.2, 0.25) is 10.0 Å². The van der Waals surface area contributed by atoms with Gasteiger partial charge in [-0.15, -0.1) is 0 Å². The molecule has 0 saturated heterocycles. The van der Waals surface area contributed by atoms with Gasteiger partial charge in [-0.3, -0.25) is 9.69 Å². The Morgan fingerprint density at radius 2 is 2.19 bits per heavy atom. The fraction of sp³-hybridized carbons (Fsp3) is 0.533. The summed E-state index contributed by atoms with van der Waals surface area (Å²) in [6.45, 7) is 2.80. The SMILES string of the molecule is CC(NC(=O)CN(CCO)C1CC1)c1ccc(Cl)cc1Cl. The van der Waals surface area contributed by atoms with E-state index in [4.69, 9.17) is 28.3 Å². The molecule has 0 radical (unpaired) electrons. The Morgan fingerprint density at radius 3 is 2.76 bits per heavy atom. The molecule has 1 atom stereocenters. The van der Waals surface area contributed by atoms with Gasteiger partial charge < -0.3 is 10.4 Å². The van der Waals surface area contributed by atoms with E-state index >= 15 is 0 Å². The highest BCUT2D eigenvalue weighted by Crippen LogP contribution is 2.27. The zero-order valence-corrected chi connectivity index (χ0v) is 13.5. The first-order valence-corrected chi connectivity index (χ1v) is 7.86. The maximum absolute atomic E-state index is 12.1. The van der Waals surface area contributed by atoms with Crippen molar-refractivity contribution in [3.05, 3.63) is 33.8 Å². The molecule has 2 rings (SSSR count). The molecule has 1 aliphatic rings. The molecule has 1 amide bonds. The van der Waals surface area contributed by atoms with Crippen molar-refractivity contribution in [2.24, 2.45) is 0 Å². The number of carbonyl (C=O) groups is 1. The Hall–Kier alpha value is -0.810. The lowest BCUT2D eigenvalue weighted by Crippen LogP contribution is -2.40. The lowest BCUT2D eigenvalue weighted by molar-refractivity contribution is -0.123. The van der Waals surface area contributed by atoms with Crippen molar-refractivity contribution in [2.75, 3.05) is 19.7 Å². The summed E-state index contributed by atoms with van der Waals surface area (Å²) in [5.74, 6) is -0.0612. The average molecular weight is 331 g/mol. The molecule has 1 aromatic carbocycles. The Morgan fingerprint density at radius 1 is 1.48 bits per heavy atom. The molecule has 116 valence electrons. The zero-order valence-electron chi connectivity index (χ0n) is 12.0. The van der Waals surface area contributed by atoms with Gasteiger partial charge in [0.1, 0.15) is 0 Å². The standard InChI is InChI=1S/C15H20Cl2N2O2/c1-10(13-5-2-11(16)8-14(13)17)18-15(21)9-19(6-7-20)12-3-4-12/h2,5,8,10,12,20H,3-4,6-7,9H2,1H3,(H,18,21). The number of aliphatic hydroxyl groups excluding tert-OH is 1. The first-order chi connectivity index (χ1) is 10.0. The van der Waals surface area contributed by atoms with Crippen molar-refractivity contribution >= 4 is 29.1 Å². The van der Waals surface area contributed by atoms with Crippen molar-refractivity contribution in [3.8, 4) is 0 Å². The number of rotatable bonds is 7. The van der Waals surface area contributed by atoms with E-state index in [1.807, 2.05) is 17.9 Å². The first-order valence-electron chi connectivity index (χ1n) is 7.10. The summed E-state index contributed by atoms with van der Waals surface area (Å²) in [6, 6.07) is 5.51. The normalized spacial score (nSPS) is 16.0. The van der Waals surface area contributed by atoms with E-state index in [1.54, 1.807) is 12.1 Å². The molecule has 2 N–H and O–H groups in total. The number of carbonyl (C=O) groups excluding carboxylic acids is 1. The average Bonchev–Trinajstić information content (AvgIpc) is 3.22. The molecule has 6 heteroatoms. The molecule has 1 saturated carbocycles. The molecule has 1 unspecified atom stereocenters. The summed E-state index contributed by atoms with van der Waals surface area (Å²) in [5, 5.41) is 13.1. The fourth-order valence-corrected chi connectivity index (χ4v) is 2.93. The van der Waals surface area contributed by atoms with E-state index < -0.39 is 0 Å². The smallest absolute Gasteiger partial charge is 0.234 e. The van der Waals surface area contributed by atoms with Crippen LogP contribution in [0.4, 0.5) is 0 Å². The van der Waals surface area contributed by atoms with E-state index in [0.29, 0.717) is 29.2 Å². The Labute approximate surface area is 135 Å². The van der Waals surface area contributed by atoms with Crippen LogP contribution < -0.4 is 5.32 Å². The molecule has 1 aliphatic carbocycles. The minimum Gasteiger partial charge on any atom is -0.395 e. The lowest BCUT2D eigenvalue weighted by atomic mass is 10.1. The van der Waals surface area contributed by atoms with Crippen LogP contribution in [0.5, 0.6) is 0 Å². The summed E-state index contributed by atoms with van der Waals surface area (Å²) in [6.07, 6.45) is 2.21. The second kappa shape index (κ2) is 7.45. The monoisotopic (exact) mass is 330 g/mol. The number of nitrogens with one attached hydrogen (secondary N) is 1. The van der Waals surface area contributed by atoms with Crippen LogP contribution in [0.1, 0.15) is 31.4 Å². The summed E-state index contributed by atoms with van der Waals surface area (Å²) >= 11 is 12.0. The van der Waals surface area contributed by atoms with Gasteiger partial charge in [0.05, 0.1) is 19.2 Å². The van der Waals surface area contributed by atoms with Gasteiger partial charge in [-0.05, 0) is 37.5 Å². The minimum absolute atomic E-state index is 0.0612. The van der Waals surface area contributed by atoms with Gasteiger partial charge in [-0.25, -0.2) is 0 Å². The van der Waals surface area contributed by atoms with Gasteiger partial charge >= 0.3 is 0 Å². The van der Waals surface area contributed by atoms with Crippen molar-refractivity contribution < 1.29 is 9.90 Å². The number of hydrogen-bond acceptors (Lipinski definition) is 3. The van der Waals surface area contributed by atoms with E-state index in [9.17, 15) is 4.79 Å². The van der Waals surface area contributed by atoms with Gasteiger partial charge in [0.15, 0.2) is 0 Å². The van der Waals surface area contributed by atoms with Gasteiger partial charge in [0.2, 0.25) is 5.91 Å². The highest BCUT2D eigenvalue weighted by atomic mass is 35.5. The molecular formula is C15H20Cl2N2O2. The van der Waals surface area contributed by atoms with Crippen molar-refractivity contribution in [2.45, 2.75) is 31.8 Å². The van der Waals surface area contributed by atoms with Crippen LogP contribution in [0.25, 0.3) is 0 Å². The summed E-state index contributed by atoms with van der Waals surface area (Å²) in [5.41, 5.74) is 0.842. The maximum atomic E-state index is 12.1. The molecule has 0 aromatic heterocycles. The van der Waals surface area contributed by atoms with Crippen LogP contribution in [0.15, 0.2) is 18.2 Å². The van der Waals surface area contributed by atoms with Crippen LogP contribution in [0.3, 0.4) is 0 Å². The molecule has 0 spiro atoms. The van der Waals surface area contributed by atoms with Crippen molar-refractivity contribution in [1.29, 1.82) is 0 Å². The summed E-state index contributed by atoms with van der Waals surface area (Å²) < 4.78 is 0. The second-order valence-electron chi connectivity index (χ2n) is 5.38. The summed E-state index contributed by atoms with van der Waals surface area (Å²) in [4.78, 5) is 14.1. The Bertz CT molecular complexity index is 506. The van der Waals surface area contributed by atoms with E-state index in [0.717, 1.165) is 18.4 Å². The van der Waals surface area contributed by atoms with Crippen LogP contribution >= 0.6 is 23.2 Å². The number of amides is 1. The second-order valence-corrected chi connectivity index (χ2v) is 6.22. The molecular weight excluding hydrogens is 311 g/mol. The molecule has 0 heterocycles. The number of nitrogens with zero attached hydrogens (tertiary/aromatic N) is 1. The van der Waals surface area contributed by atoms with E-state index in [-0.39, 0.29) is 18.6 Å². The van der Waals surface area contributed by atoms with Crippen LogP contribution in [0, 0.1) is 0 Å². The fourth-order valence-electron chi connectivity index (χ4n) is 2.36. The molecule has 1 fully saturated rings. The number of benzene rings is 1. The molecule has 0 bridgehead atoms. The predicted molar refractivity (Wildman–Crippen MR) is 84.7 cm³/mol. The molecule has 4 nitrogen and oxygen atoms in total. The van der Waals surface area contributed by atoms with Crippen LogP contribution in [-0.2, 0) is 4.79 Å². The maximum Gasteiger partial charge on any atom is 0.234 e. The highest BCUT2D eigenvalue weighted by molar-refractivity contribution is 6.35. The molecule has 0 aliphatic heterocycles. The minimum atomic E-state index is -0.183. The third kappa shape index (κ3) is 4.85. The van der Waals surface area contributed by atoms with E-state index in [2.05, 4.69) is 5.32 Å². The van der Waals surface area contributed by atoms with Gasteiger partial charge in [-0.1, -0.05) is 29.3 Å². The van der Waals surface area contributed by atoms with E-state index in [1.165, 1.54) is 0 Å². The number of aliphatic hydroxyl groups is 1. The third-order valence-corrected chi connectivity index (χ3v) is 4.17. The zero-order chi connectivity index (χ0) is 15.4. The quantitative estimate of drug-likeness (QED) is 0.808. The van der Waals surface area contributed by atoms with Crippen LogP contribution in [-0.4, -0.2) is 41.7 Å². The largest absolute Gasteiger partial charge is 0.395 e. The molecule has 1 aromatic rings. The number of halogens is 2. The first kappa shape index (κ1) is 16.6. The topological polar surface area (TPSA) is 52.6 Å². The summed E-state index contributed by atoms with van der Waals surface area (Å²) in [7, 11) is 0. The number of hydrogen-bond donors (Lipinski definition) is 2.